The Kier molecular flexibility index (Phi) is 9.85. The predicted octanol–water partition coefficient (Wildman–Crippen LogP) is -0.405. The predicted molar refractivity (Wildman–Crippen MR) is 97.0 cm³/mol. The minimum atomic E-state index is -1.14. The molecule has 0 aliphatic heterocycles. The minimum absolute atomic E-state index is 0.0855. The maximum atomic E-state index is 12.5. The average Bonchev–Trinajstić information content (AvgIpc) is 2.49. The Hall–Kier alpha value is -2.16. The van der Waals surface area contributed by atoms with Gasteiger partial charge in [0.15, 0.2) is 0 Å². The fourth-order valence-corrected chi connectivity index (χ4v) is 2.18. The number of amides is 3. The molecule has 6 N–H and O–H groups in total. The molecule has 4 unspecified atom stereocenters. The third-order valence-electron chi connectivity index (χ3n) is 3.74. The van der Waals surface area contributed by atoms with Crippen molar-refractivity contribution >= 4 is 23.7 Å². The number of hydrogen-bond donors (Lipinski definition) is 5. The summed E-state index contributed by atoms with van der Waals surface area (Å²) in [6.45, 7) is 10.1. The molecule has 0 saturated heterocycles. The summed E-state index contributed by atoms with van der Waals surface area (Å²) in [5.41, 5.74) is 5.45. The minimum Gasteiger partial charge on any atom is -0.480 e. The molecule has 0 aromatic heterocycles. The van der Waals surface area contributed by atoms with Crippen LogP contribution in [-0.4, -0.2) is 53.0 Å². The van der Waals surface area contributed by atoms with Crippen molar-refractivity contribution in [2.24, 2.45) is 17.6 Å². The summed E-state index contributed by atoms with van der Waals surface area (Å²) in [5.74, 6) is -2.96. The Morgan fingerprint density at radius 2 is 1.38 bits per heavy atom. The van der Waals surface area contributed by atoms with Gasteiger partial charge in [0.2, 0.25) is 17.7 Å². The van der Waals surface area contributed by atoms with Crippen LogP contribution in [0, 0.1) is 11.8 Å². The van der Waals surface area contributed by atoms with Crippen molar-refractivity contribution in [2.45, 2.75) is 72.1 Å². The van der Waals surface area contributed by atoms with Gasteiger partial charge >= 0.3 is 5.97 Å². The van der Waals surface area contributed by atoms with Crippen LogP contribution in [0.5, 0.6) is 0 Å². The summed E-state index contributed by atoms with van der Waals surface area (Å²) < 4.78 is 0. The molecule has 0 rings (SSSR count). The first-order chi connectivity index (χ1) is 11.9. The molecule has 26 heavy (non-hydrogen) atoms. The molecule has 150 valence electrons. The van der Waals surface area contributed by atoms with Gasteiger partial charge in [0.1, 0.15) is 18.1 Å². The third-order valence-corrected chi connectivity index (χ3v) is 3.74. The van der Waals surface area contributed by atoms with E-state index in [4.69, 9.17) is 5.73 Å². The first-order valence-corrected chi connectivity index (χ1v) is 8.76. The first-order valence-electron chi connectivity index (χ1n) is 8.76. The standard InChI is InChI=1S/C17H32N4O5/c1-8(2)7-12(16(24)21-13(9(3)4)17(25)26)20-15(23)11(6)19-14(22)10(5)18/h8-13H,7,18H2,1-6H3,(H,19,22)(H,20,23)(H,21,24)(H,25,26). The van der Waals surface area contributed by atoms with E-state index < -0.39 is 47.9 Å². The average molecular weight is 372 g/mol. The second-order valence-corrected chi connectivity index (χ2v) is 7.28. The number of carboxylic acids is 1. The number of hydrogen-bond acceptors (Lipinski definition) is 5. The number of aliphatic carboxylic acids is 1. The largest absolute Gasteiger partial charge is 0.480 e. The molecular formula is C17H32N4O5. The monoisotopic (exact) mass is 372 g/mol. The lowest BCUT2D eigenvalue weighted by atomic mass is 10.00. The van der Waals surface area contributed by atoms with Crippen molar-refractivity contribution < 1.29 is 24.3 Å². The summed E-state index contributed by atoms with van der Waals surface area (Å²) in [7, 11) is 0. The van der Waals surface area contributed by atoms with Gasteiger partial charge in [-0.25, -0.2) is 4.79 Å². The van der Waals surface area contributed by atoms with Crippen molar-refractivity contribution in [1.29, 1.82) is 0 Å². The fourth-order valence-electron chi connectivity index (χ4n) is 2.18. The molecule has 3 amide bonds. The molecule has 9 nitrogen and oxygen atoms in total. The van der Waals surface area contributed by atoms with E-state index in [-0.39, 0.29) is 11.8 Å². The van der Waals surface area contributed by atoms with Gasteiger partial charge < -0.3 is 26.8 Å². The second kappa shape index (κ2) is 10.7. The molecule has 0 aromatic rings. The quantitative estimate of drug-likeness (QED) is 0.352. The highest BCUT2D eigenvalue weighted by atomic mass is 16.4. The zero-order valence-electron chi connectivity index (χ0n) is 16.3. The molecule has 4 atom stereocenters. The molecule has 0 aliphatic carbocycles. The smallest absolute Gasteiger partial charge is 0.326 e. The number of carboxylic acid groups (broad SMARTS) is 1. The van der Waals surface area contributed by atoms with Crippen molar-refractivity contribution in [3.63, 3.8) is 0 Å². The van der Waals surface area contributed by atoms with Gasteiger partial charge in [-0.3, -0.25) is 14.4 Å². The van der Waals surface area contributed by atoms with Crippen LogP contribution in [0.1, 0.15) is 48.0 Å². The maximum absolute atomic E-state index is 12.5. The van der Waals surface area contributed by atoms with Crippen LogP contribution >= 0.6 is 0 Å². The summed E-state index contributed by atoms with van der Waals surface area (Å²) in [4.78, 5) is 47.6. The van der Waals surface area contributed by atoms with Crippen LogP contribution in [0.2, 0.25) is 0 Å². The lowest BCUT2D eigenvalue weighted by Crippen LogP contribution is -2.57. The molecule has 0 aromatic carbocycles. The molecule has 0 heterocycles. The molecule has 9 heteroatoms. The second-order valence-electron chi connectivity index (χ2n) is 7.28. The van der Waals surface area contributed by atoms with Crippen molar-refractivity contribution in [3.05, 3.63) is 0 Å². The highest BCUT2D eigenvalue weighted by Gasteiger charge is 2.30. The molecule has 0 bridgehead atoms. The summed E-state index contributed by atoms with van der Waals surface area (Å²) in [6.07, 6.45) is 0.329. The van der Waals surface area contributed by atoms with E-state index in [0.717, 1.165) is 0 Å². The first kappa shape index (κ1) is 23.8. The lowest BCUT2D eigenvalue weighted by Gasteiger charge is -2.25. The van der Waals surface area contributed by atoms with E-state index in [2.05, 4.69) is 16.0 Å². The summed E-state index contributed by atoms with van der Waals surface area (Å²) in [5, 5.41) is 16.7. The SMILES string of the molecule is CC(C)CC(NC(=O)C(C)NC(=O)C(C)N)C(=O)NC(C(=O)O)C(C)C. The van der Waals surface area contributed by atoms with Gasteiger partial charge in [0.05, 0.1) is 6.04 Å². The van der Waals surface area contributed by atoms with Gasteiger partial charge in [0, 0.05) is 0 Å². The van der Waals surface area contributed by atoms with Gasteiger partial charge in [-0.15, -0.1) is 0 Å². The number of rotatable bonds is 10. The van der Waals surface area contributed by atoms with E-state index in [1.807, 2.05) is 13.8 Å². The number of nitrogens with one attached hydrogen (secondary N) is 3. The van der Waals surface area contributed by atoms with Crippen LogP contribution < -0.4 is 21.7 Å². The van der Waals surface area contributed by atoms with Gasteiger partial charge in [0.25, 0.3) is 0 Å². The van der Waals surface area contributed by atoms with E-state index in [9.17, 15) is 24.3 Å². The summed E-state index contributed by atoms with van der Waals surface area (Å²) in [6, 6.07) is -3.60. The van der Waals surface area contributed by atoms with Gasteiger partial charge in [-0.1, -0.05) is 27.7 Å². The zero-order valence-corrected chi connectivity index (χ0v) is 16.3. The topological polar surface area (TPSA) is 151 Å². The summed E-state index contributed by atoms with van der Waals surface area (Å²) >= 11 is 0. The number of carbonyl (C=O) groups is 4. The Morgan fingerprint density at radius 1 is 0.846 bits per heavy atom. The molecule has 0 spiro atoms. The highest BCUT2D eigenvalue weighted by molar-refractivity contribution is 5.93. The van der Waals surface area contributed by atoms with Crippen LogP contribution in [-0.2, 0) is 19.2 Å². The lowest BCUT2D eigenvalue weighted by molar-refractivity contribution is -0.143. The third kappa shape index (κ3) is 8.28. The molecule has 0 saturated carbocycles. The maximum Gasteiger partial charge on any atom is 0.326 e. The van der Waals surface area contributed by atoms with E-state index in [0.29, 0.717) is 6.42 Å². The highest BCUT2D eigenvalue weighted by Crippen LogP contribution is 2.08. The van der Waals surface area contributed by atoms with Gasteiger partial charge in [-0.05, 0) is 32.1 Å². The van der Waals surface area contributed by atoms with E-state index in [1.54, 1.807) is 13.8 Å². The van der Waals surface area contributed by atoms with Crippen molar-refractivity contribution in [2.75, 3.05) is 0 Å². The van der Waals surface area contributed by atoms with Crippen LogP contribution in [0.3, 0.4) is 0 Å². The number of nitrogens with two attached hydrogens (primary N) is 1. The van der Waals surface area contributed by atoms with E-state index in [1.165, 1.54) is 13.8 Å². The number of carbonyl (C=O) groups excluding carboxylic acids is 3. The Bertz CT molecular complexity index is 519. The Balaban J connectivity index is 5.08. The Morgan fingerprint density at radius 3 is 1.77 bits per heavy atom. The molecule has 0 fully saturated rings. The fraction of sp³-hybridized carbons (Fsp3) is 0.765. The van der Waals surface area contributed by atoms with Gasteiger partial charge in [-0.2, -0.15) is 0 Å². The van der Waals surface area contributed by atoms with Crippen LogP contribution in [0.4, 0.5) is 0 Å². The van der Waals surface area contributed by atoms with Crippen molar-refractivity contribution in [1.82, 2.24) is 16.0 Å². The normalized spacial score (nSPS) is 15.7. The van der Waals surface area contributed by atoms with Crippen molar-refractivity contribution in [3.8, 4) is 0 Å². The van der Waals surface area contributed by atoms with E-state index >= 15 is 0 Å². The molecule has 0 radical (unpaired) electrons. The van der Waals surface area contributed by atoms with Crippen LogP contribution in [0.15, 0.2) is 0 Å². The zero-order chi connectivity index (χ0) is 20.6. The molecular weight excluding hydrogens is 340 g/mol. The van der Waals surface area contributed by atoms with Crippen LogP contribution in [0.25, 0.3) is 0 Å². The molecule has 0 aliphatic rings. The Labute approximate surface area is 154 Å².